The number of piperidine rings is 1. The Morgan fingerprint density at radius 2 is 2.30 bits per heavy atom. The van der Waals surface area contributed by atoms with Gasteiger partial charge in [0.25, 0.3) is 5.91 Å². The summed E-state index contributed by atoms with van der Waals surface area (Å²) in [6.07, 6.45) is 3.75. The minimum absolute atomic E-state index is 0.0384. The molecule has 1 saturated heterocycles. The molecule has 2 fully saturated rings. The van der Waals surface area contributed by atoms with Crippen molar-refractivity contribution < 1.29 is 9.21 Å². The van der Waals surface area contributed by atoms with E-state index in [1.807, 2.05) is 0 Å². The molecule has 3 unspecified atom stereocenters. The van der Waals surface area contributed by atoms with Crippen molar-refractivity contribution in [2.24, 2.45) is 5.92 Å². The number of nitrogens with one attached hydrogen (secondary N) is 2. The molecule has 1 aliphatic carbocycles. The first-order chi connectivity index (χ1) is 9.70. The van der Waals surface area contributed by atoms with Gasteiger partial charge in [-0.25, -0.2) is 0 Å². The molecule has 20 heavy (non-hydrogen) atoms. The van der Waals surface area contributed by atoms with E-state index in [1.165, 1.54) is 12.7 Å². The molecule has 0 radical (unpaired) electrons. The first-order valence-corrected chi connectivity index (χ1v) is 7.29. The van der Waals surface area contributed by atoms with E-state index >= 15 is 0 Å². The molecule has 0 spiro atoms. The quantitative estimate of drug-likeness (QED) is 0.894. The first kappa shape index (κ1) is 12.2. The summed E-state index contributed by atoms with van der Waals surface area (Å²) in [5.74, 6) is 0.680. The Hall–Kier alpha value is -1.52. The van der Waals surface area contributed by atoms with E-state index in [-0.39, 0.29) is 11.9 Å². The van der Waals surface area contributed by atoms with Crippen LogP contribution in [0.4, 0.5) is 0 Å². The highest BCUT2D eigenvalue weighted by Gasteiger charge is 2.40. The molecule has 3 atom stereocenters. The topological polar surface area (TPSA) is 54.3 Å². The first-order valence-electron chi connectivity index (χ1n) is 6.92. The third kappa shape index (κ3) is 1.91. The van der Waals surface area contributed by atoms with Crippen LogP contribution in [0.2, 0.25) is 5.02 Å². The highest BCUT2D eigenvalue weighted by atomic mass is 35.5. The van der Waals surface area contributed by atoms with E-state index in [2.05, 4.69) is 10.6 Å². The Kier molecular flexibility index (Phi) is 2.75. The maximum atomic E-state index is 12.3. The minimum Gasteiger partial charge on any atom is -0.463 e. The fourth-order valence-electron chi connectivity index (χ4n) is 3.40. The van der Waals surface area contributed by atoms with Crippen LogP contribution in [0.5, 0.6) is 0 Å². The SMILES string of the molecule is O=C(NC1CC2CNC1C2)c1ccc2occ(Cl)c2c1. The van der Waals surface area contributed by atoms with Crippen LogP contribution in [0.15, 0.2) is 28.9 Å². The van der Waals surface area contributed by atoms with E-state index in [1.54, 1.807) is 18.2 Å². The average Bonchev–Trinajstić information content (AvgIpc) is 3.15. The maximum absolute atomic E-state index is 12.3. The molecule has 4 rings (SSSR count). The van der Waals surface area contributed by atoms with Gasteiger partial charge in [0, 0.05) is 23.0 Å². The Morgan fingerprint density at radius 1 is 1.40 bits per heavy atom. The number of fused-ring (bicyclic) bond motifs is 3. The number of carbonyl (C=O) groups is 1. The van der Waals surface area contributed by atoms with Crippen LogP contribution in [-0.4, -0.2) is 24.5 Å². The highest BCUT2D eigenvalue weighted by molar-refractivity contribution is 6.35. The largest absolute Gasteiger partial charge is 0.463 e. The molecule has 1 saturated carbocycles. The lowest BCUT2D eigenvalue weighted by molar-refractivity contribution is 0.0928. The summed E-state index contributed by atoms with van der Waals surface area (Å²) < 4.78 is 5.28. The molecular weight excluding hydrogens is 276 g/mol. The fourth-order valence-corrected chi connectivity index (χ4v) is 3.60. The van der Waals surface area contributed by atoms with Gasteiger partial charge < -0.3 is 15.1 Å². The minimum atomic E-state index is -0.0384. The molecule has 2 aliphatic rings. The molecule has 104 valence electrons. The number of amides is 1. The predicted molar refractivity (Wildman–Crippen MR) is 77.0 cm³/mol. The molecule has 1 aliphatic heterocycles. The summed E-state index contributed by atoms with van der Waals surface area (Å²) in [4.78, 5) is 12.3. The molecular formula is C15H15ClN2O2. The van der Waals surface area contributed by atoms with Crippen molar-refractivity contribution in [2.45, 2.75) is 24.9 Å². The predicted octanol–water partition coefficient (Wildman–Crippen LogP) is 2.57. The molecule has 4 nitrogen and oxygen atoms in total. The monoisotopic (exact) mass is 290 g/mol. The van der Waals surface area contributed by atoms with Gasteiger partial charge >= 0.3 is 0 Å². The number of rotatable bonds is 2. The van der Waals surface area contributed by atoms with Gasteiger partial charge in [-0.05, 0) is 43.5 Å². The van der Waals surface area contributed by atoms with Crippen LogP contribution < -0.4 is 10.6 Å². The zero-order chi connectivity index (χ0) is 13.7. The summed E-state index contributed by atoms with van der Waals surface area (Å²) >= 11 is 6.04. The molecule has 1 aromatic heterocycles. The van der Waals surface area contributed by atoms with Crippen molar-refractivity contribution in [2.75, 3.05) is 6.54 Å². The van der Waals surface area contributed by atoms with Crippen LogP contribution in [0.25, 0.3) is 11.0 Å². The average molecular weight is 291 g/mol. The van der Waals surface area contributed by atoms with E-state index in [0.717, 1.165) is 24.3 Å². The van der Waals surface area contributed by atoms with E-state index in [9.17, 15) is 4.79 Å². The summed E-state index contributed by atoms with van der Waals surface area (Å²) in [6, 6.07) is 6.03. The second kappa shape index (κ2) is 4.50. The zero-order valence-electron chi connectivity index (χ0n) is 10.9. The molecule has 2 bridgehead atoms. The maximum Gasteiger partial charge on any atom is 0.251 e. The molecule has 2 aromatic rings. The van der Waals surface area contributed by atoms with Crippen LogP contribution in [0.1, 0.15) is 23.2 Å². The lowest BCUT2D eigenvalue weighted by Gasteiger charge is -2.24. The lowest BCUT2D eigenvalue weighted by Crippen LogP contribution is -2.47. The molecule has 1 aromatic carbocycles. The second-order valence-corrected chi connectivity index (χ2v) is 6.13. The summed E-state index contributed by atoms with van der Waals surface area (Å²) in [6.45, 7) is 1.09. The number of furan rings is 1. The third-order valence-electron chi connectivity index (χ3n) is 4.43. The smallest absolute Gasteiger partial charge is 0.251 e. The Morgan fingerprint density at radius 3 is 3.05 bits per heavy atom. The summed E-state index contributed by atoms with van der Waals surface area (Å²) in [7, 11) is 0. The number of hydrogen-bond acceptors (Lipinski definition) is 3. The van der Waals surface area contributed by atoms with Crippen molar-refractivity contribution >= 4 is 28.5 Å². The Labute approximate surface area is 121 Å². The van der Waals surface area contributed by atoms with Crippen LogP contribution in [0.3, 0.4) is 0 Å². The zero-order valence-corrected chi connectivity index (χ0v) is 11.6. The van der Waals surface area contributed by atoms with Crippen molar-refractivity contribution in [1.29, 1.82) is 0 Å². The van der Waals surface area contributed by atoms with Crippen molar-refractivity contribution in [3.63, 3.8) is 0 Å². The normalized spacial score (nSPS) is 28.1. The second-order valence-electron chi connectivity index (χ2n) is 5.73. The summed E-state index contributed by atoms with van der Waals surface area (Å²) in [5.41, 5.74) is 1.33. The third-order valence-corrected chi connectivity index (χ3v) is 4.73. The van der Waals surface area contributed by atoms with Crippen LogP contribution >= 0.6 is 11.6 Å². The number of benzene rings is 1. The van der Waals surface area contributed by atoms with Gasteiger partial charge in [0.05, 0.1) is 5.02 Å². The van der Waals surface area contributed by atoms with Gasteiger partial charge in [0.15, 0.2) is 0 Å². The molecule has 2 N–H and O–H groups in total. The van der Waals surface area contributed by atoms with Gasteiger partial charge in [-0.15, -0.1) is 0 Å². The van der Waals surface area contributed by atoms with Gasteiger partial charge in [0.1, 0.15) is 11.8 Å². The van der Waals surface area contributed by atoms with E-state index < -0.39 is 0 Å². The Balaban J connectivity index is 1.56. The van der Waals surface area contributed by atoms with Crippen LogP contribution in [0, 0.1) is 5.92 Å². The molecule has 2 heterocycles. The summed E-state index contributed by atoms with van der Waals surface area (Å²) in [5, 5.41) is 7.90. The lowest BCUT2D eigenvalue weighted by atomic mass is 10.1. The number of hydrogen-bond donors (Lipinski definition) is 2. The Bertz CT molecular complexity index is 682. The standard InChI is InChI=1S/C15H15ClN2O2/c16-11-7-20-14-2-1-9(5-10(11)14)15(19)18-13-4-8-3-12(13)17-6-8/h1-2,5,7-8,12-13,17H,3-4,6H2,(H,18,19). The van der Waals surface area contributed by atoms with Crippen molar-refractivity contribution in [1.82, 2.24) is 10.6 Å². The van der Waals surface area contributed by atoms with Gasteiger partial charge in [0.2, 0.25) is 0 Å². The van der Waals surface area contributed by atoms with Gasteiger partial charge in [-0.2, -0.15) is 0 Å². The molecule has 5 heteroatoms. The van der Waals surface area contributed by atoms with E-state index in [4.69, 9.17) is 16.0 Å². The van der Waals surface area contributed by atoms with Crippen molar-refractivity contribution in [3.8, 4) is 0 Å². The van der Waals surface area contributed by atoms with Gasteiger partial charge in [-0.3, -0.25) is 4.79 Å². The fraction of sp³-hybridized carbons (Fsp3) is 0.400. The van der Waals surface area contributed by atoms with E-state index in [0.29, 0.717) is 22.2 Å². The van der Waals surface area contributed by atoms with Crippen LogP contribution in [-0.2, 0) is 0 Å². The number of carbonyl (C=O) groups excluding carboxylic acids is 1. The number of halogens is 1. The van der Waals surface area contributed by atoms with Gasteiger partial charge in [-0.1, -0.05) is 11.6 Å². The van der Waals surface area contributed by atoms with Crippen molar-refractivity contribution in [3.05, 3.63) is 35.0 Å². The molecule has 1 amide bonds. The highest BCUT2D eigenvalue weighted by Crippen LogP contribution is 2.31.